The van der Waals surface area contributed by atoms with E-state index < -0.39 is 17.8 Å². The first-order valence-corrected chi connectivity index (χ1v) is 5.21. The normalized spacial score (nSPS) is 9.26. The molecule has 0 unspecified atom stereocenters. The summed E-state index contributed by atoms with van der Waals surface area (Å²) in [6, 6.07) is 3.97. The Labute approximate surface area is 109 Å². The number of nitrogens with one attached hydrogen (secondary N) is 2. The number of carbonyl (C=O) groups is 3. The predicted molar refractivity (Wildman–Crippen MR) is 71.1 cm³/mol. The summed E-state index contributed by atoms with van der Waals surface area (Å²) in [5.41, 5.74) is 0.412. The average molecular weight is 260 g/mol. The van der Waals surface area contributed by atoms with E-state index in [2.05, 4.69) is 23.8 Å². The van der Waals surface area contributed by atoms with Crippen LogP contribution < -0.4 is 10.6 Å². The molecule has 6 heteroatoms. The van der Waals surface area contributed by atoms with Crippen molar-refractivity contribution in [3.8, 4) is 0 Å². The third-order valence-corrected chi connectivity index (χ3v) is 2.09. The molecule has 0 radical (unpaired) electrons. The summed E-state index contributed by atoms with van der Waals surface area (Å²) in [7, 11) is 0. The van der Waals surface area contributed by atoms with Crippen LogP contribution in [0.3, 0.4) is 0 Å². The second-order valence-electron chi connectivity index (χ2n) is 3.49. The van der Waals surface area contributed by atoms with Gasteiger partial charge in [-0.3, -0.25) is 9.59 Å². The fraction of sp³-hybridized carbons (Fsp3) is 0. The maximum Gasteiger partial charge on any atom is 0.335 e. The summed E-state index contributed by atoms with van der Waals surface area (Å²) in [6.45, 7) is 6.57. The molecule has 0 aromatic heterocycles. The topological polar surface area (TPSA) is 95.5 Å². The molecule has 0 saturated heterocycles. The van der Waals surface area contributed by atoms with Gasteiger partial charge in [0.15, 0.2) is 0 Å². The Morgan fingerprint density at radius 1 is 0.947 bits per heavy atom. The number of rotatable bonds is 5. The number of benzene rings is 1. The highest BCUT2D eigenvalue weighted by atomic mass is 16.4. The van der Waals surface area contributed by atoms with Crippen LogP contribution in [-0.4, -0.2) is 22.9 Å². The zero-order valence-electron chi connectivity index (χ0n) is 9.97. The zero-order chi connectivity index (χ0) is 14.4. The van der Waals surface area contributed by atoms with E-state index in [-0.39, 0.29) is 16.9 Å². The van der Waals surface area contributed by atoms with Gasteiger partial charge in [0, 0.05) is 11.4 Å². The maximum absolute atomic E-state index is 11.2. The smallest absolute Gasteiger partial charge is 0.335 e. The van der Waals surface area contributed by atoms with Crippen LogP contribution in [0.4, 0.5) is 11.4 Å². The number of anilines is 2. The molecule has 0 aliphatic heterocycles. The van der Waals surface area contributed by atoms with Gasteiger partial charge in [-0.05, 0) is 30.4 Å². The molecule has 0 spiro atoms. The highest BCUT2D eigenvalue weighted by Crippen LogP contribution is 2.19. The molecule has 0 fully saturated rings. The molecule has 0 bridgehead atoms. The van der Waals surface area contributed by atoms with Crippen molar-refractivity contribution in [1.29, 1.82) is 0 Å². The second kappa shape index (κ2) is 6.15. The Hall–Kier alpha value is -2.89. The van der Waals surface area contributed by atoms with Gasteiger partial charge in [0.25, 0.3) is 0 Å². The number of aromatic carboxylic acids is 1. The van der Waals surface area contributed by atoms with Gasteiger partial charge in [-0.15, -0.1) is 0 Å². The van der Waals surface area contributed by atoms with Crippen LogP contribution in [-0.2, 0) is 9.59 Å². The number of carbonyl (C=O) groups excluding carboxylic acids is 2. The Morgan fingerprint density at radius 3 is 1.68 bits per heavy atom. The molecule has 6 nitrogen and oxygen atoms in total. The van der Waals surface area contributed by atoms with Gasteiger partial charge in [-0.25, -0.2) is 4.79 Å². The minimum absolute atomic E-state index is 0.0683. The van der Waals surface area contributed by atoms with Crippen LogP contribution in [0.25, 0.3) is 0 Å². The summed E-state index contributed by atoms with van der Waals surface area (Å²) in [5.74, 6) is -2.14. The molecule has 1 aromatic carbocycles. The molecule has 0 aliphatic rings. The lowest BCUT2D eigenvalue weighted by Crippen LogP contribution is -2.11. The van der Waals surface area contributed by atoms with Crippen molar-refractivity contribution in [2.24, 2.45) is 0 Å². The minimum Gasteiger partial charge on any atom is -0.478 e. The Balaban J connectivity index is 3.13. The first-order chi connectivity index (χ1) is 8.96. The third-order valence-electron chi connectivity index (χ3n) is 2.09. The van der Waals surface area contributed by atoms with Gasteiger partial charge in [0.2, 0.25) is 11.8 Å². The highest BCUT2D eigenvalue weighted by molar-refractivity contribution is 6.03. The number of amides is 2. The minimum atomic E-state index is -1.18. The van der Waals surface area contributed by atoms with Gasteiger partial charge in [-0.2, -0.15) is 0 Å². The standard InChI is InChI=1S/C13H12N2O4/c1-3-11(16)14-9-5-8(13(18)19)6-10(7-9)15-12(17)4-2/h3-7H,1-2H2,(H,14,16)(H,15,17)(H,18,19). The van der Waals surface area contributed by atoms with Crippen molar-refractivity contribution in [1.82, 2.24) is 0 Å². The quantitative estimate of drug-likeness (QED) is 0.701. The molecule has 0 atom stereocenters. The fourth-order valence-electron chi connectivity index (χ4n) is 1.28. The highest BCUT2D eigenvalue weighted by Gasteiger charge is 2.09. The molecule has 1 rings (SSSR count). The lowest BCUT2D eigenvalue weighted by molar-refractivity contribution is -0.112. The lowest BCUT2D eigenvalue weighted by atomic mass is 10.1. The lowest BCUT2D eigenvalue weighted by Gasteiger charge is -2.08. The number of carboxylic acids is 1. The molecular weight excluding hydrogens is 248 g/mol. The molecule has 2 amide bonds. The van der Waals surface area contributed by atoms with Gasteiger partial charge in [0.1, 0.15) is 0 Å². The molecular formula is C13H12N2O4. The summed E-state index contributed by atoms with van der Waals surface area (Å²) in [6.07, 6.45) is 2.10. The molecule has 0 saturated carbocycles. The van der Waals surface area contributed by atoms with Crippen LogP contribution in [0.2, 0.25) is 0 Å². The van der Waals surface area contributed by atoms with Crippen molar-refractivity contribution in [2.45, 2.75) is 0 Å². The van der Waals surface area contributed by atoms with Crippen LogP contribution in [0.15, 0.2) is 43.5 Å². The van der Waals surface area contributed by atoms with E-state index in [0.29, 0.717) is 0 Å². The van der Waals surface area contributed by atoms with E-state index in [1.165, 1.54) is 18.2 Å². The van der Waals surface area contributed by atoms with Gasteiger partial charge in [-0.1, -0.05) is 13.2 Å². The van der Waals surface area contributed by atoms with E-state index in [1.807, 2.05) is 0 Å². The molecule has 1 aromatic rings. The SMILES string of the molecule is C=CC(=O)Nc1cc(NC(=O)C=C)cc(C(=O)O)c1. The Morgan fingerprint density at radius 2 is 1.37 bits per heavy atom. The van der Waals surface area contributed by atoms with E-state index in [4.69, 9.17) is 5.11 Å². The van der Waals surface area contributed by atoms with Crippen molar-refractivity contribution < 1.29 is 19.5 Å². The van der Waals surface area contributed by atoms with E-state index in [1.54, 1.807) is 0 Å². The summed E-state index contributed by atoms with van der Waals surface area (Å²) in [4.78, 5) is 33.3. The van der Waals surface area contributed by atoms with Gasteiger partial charge in [0.05, 0.1) is 5.56 Å². The van der Waals surface area contributed by atoms with Crippen LogP contribution in [0, 0.1) is 0 Å². The molecule has 0 heterocycles. The fourth-order valence-corrected chi connectivity index (χ4v) is 1.28. The molecule has 98 valence electrons. The van der Waals surface area contributed by atoms with Crippen LogP contribution >= 0.6 is 0 Å². The van der Waals surface area contributed by atoms with Gasteiger partial charge < -0.3 is 15.7 Å². The molecule has 3 N–H and O–H groups in total. The van der Waals surface area contributed by atoms with Crippen molar-refractivity contribution in [2.75, 3.05) is 10.6 Å². The first-order valence-electron chi connectivity index (χ1n) is 5.21. The van der Waals surface area contributed by atoms with Crippen LogP contribution in [0.1, 0.15) is 10.4 Å². The molecule has 0 aliphatic carbocycles. The predicted octanol–water partition coefficient (Wildman–Crippen LogP) is 1.63. The van der Waals surface area contributed by atoms with E-state index in [9.17, 15) is 14.4 Å². The first kappa shape index (κ1) is 14.2. The van der Waals surface area contributed by atoms with Crippen LogP contribution in [0.5, 0.6) is 0 Å². The zero-order valence-corrected chi connectivity index (χ0v) is 9.97. The average Bonchev–Trinajstić information content (AvgIpc) is 2.37. The summed E-state index contributed by atoms with van der Waals surface area (Å²) >= 11 is 0. The monoisotopic (exact) mass is 260 g/mol. The van der Waals surface area contributed by atoms with Crippen molar-refractivity contribution in [3.05, 3.63) is 49.1 Å². The Kier molecular flexibility index (Phi) is 4.59. The number of carboxylic acid groups (broad SMARTS) is 1. The van der Waals surface area contributed by atoms with Crippen molar-refractivity contribution in [3.63, 3.8) is 0 Å². The third kappa shape index (κ3) is 4.12. The van der Waals surface area contributed by atoms with Crippen molar-refractivity contribution >= 4 is 29.2 Å². The Bertz CT molecular complexity index is 524. The summed E-state index contributed by atoms with van der Waals surface area (Å²) < 4.78 is 0. The van der Waals surface area contributed by atoms with E-state index in [0.717, 1.165) is 12.2 Å². The van der Waals surface area contributed by atoms with Gasteiger partial charge >= 0.3 is 5.97 Å². The maximum atomic E-state index is 11.2. The second-order valence-corrected chi connectivity index (χ2v) is 3.49. The van der Waals surface area contributed by atoms with E-state index >= 15 is 0 Å². The molecule has 19 heavy (non-hydrogen) atoms. The number of hydrogen-bond acceptors (Lipinski definition) is 3. The number of hydrogen-bond donors (Lipinski definition) is 3. The largest absolute Gasteiger partial charge is 0.478 e. The summed E-state index contributed by atoms with van der Waals surface area (Å²) in [5, 5.41) is 13.8.